The Morgan fingerprint density at radius 3 is 2.77 bits per heavy atom. The van der Waals surface area contributed by atoms with Crippen molar-refractivity contribution in [1.82, 2.24) is 9.97 Å². The molecule has 0 saturated heterocycles. The largest absolute Gasteiger partial charge is 0.385 e. The zero-order chi connectivity index (χ0) is 9.84. The molecule has 0 amide bonds. The van der Waals surface area contributed by atoms with Gasteiger partial charge in [0, 0.05) is 18.7 Å². The van der Waals surface area contributed by atoms with E-state index in [1.54, 1.807) is 12.3 Å². The number of aliphatic hydroxyl groups excluding tert-OH is 1. The van der Waals surface area contributed by atoms with E-state index >= 15 is 0 Å². The second-order valence-electron chi connectivity index (χ2n) is 3.25. The maximum Gasteiger partial charge on any atom is 0.131 e. The molecule has 0 fully saturated rings. The van der Waals surface area contributed by atoms with Gasteiger partial charge in [-0.15, -0.1) is 0 Å². The van der Waals surface area contributed by atoms with Crippen LogP contribution in [0.25, 0.3) is 0 Å². The minimum absolute atomic E-state index is 0.189. The summed E-state index contributed by atoms with van der Waals surface area (Å²) in [4.78, 5) is 8.29. The highest BCUT2D eigenvalue weighted by atomic mass is 16.3. The van der Waals surface area contributed by atoms with Crippen molar-refractivity contribution in [1.29, 1.82) is 0 Å². The van der Waals surface area contributed by atoms with Crippen LogP contribution in [0.15, 0.2) is 12.3 Å². The molecule has 0 unspecified atom stereocenters. The summed E-state index contributed by atoms with van der Waals surface area (Å²) in [6.07, 6.45) is 0.969. The van der Waals surface area contributed by atoms with Gasteiger partial charge in [0.15, 0.2) is 0 Å². The maximum absolute atomic E-state index is 9.42. The molecule has 1 aromatic rings. The third kappa shape index (κ3) is 2.47. The summed E-state index contributed by atoms with van der Waals surface area (Å²) >= 11 is 0. The highest BCUT2D eigenvalue weighted by molar-refractivity contribution is 5.07. The van der Waals surface area contributed by atoms with E-state index < -0.39 is 6.10 Å². The molecular weight excluding hydrogens is 166 g/mol. The highest BCUT2D eigenvalue weighted by Gasteiger charge is 2.09. The first-order valence-electron chi connectivity index (χ1n) is 4.36. The third-order valence-corrected chi connectivity index (χ3v) is 1.78. The van der Waals surface area contributed by atoms with Crippen LogP contribution >= 0.6 is 0 Å². The summed E-state index contributed by atoms with van der Waals surface area (Å²) in [5.41, 5.74) is 5.92. The summed E-state index contributed by atoms with van der Waals surface area (Å²) in [6.45, 7) is 4.20. The first-order valence-corrected chi connectivity index (χ1v) is 4.36. The Hall–Kier alpha value is -1.00. The number of nitrogens with zero attached hydrogens (tertiary/aromatic N) is 2. The molecule has 0 saturated carbocycles. The molecular formula is C9H15N3O. The Kier molecular flexibility index (Phi) is 3.33. The maximum atomic E-state index is 9.42. The topological polar surface area (TPSA) is 72.0 Å². The first-order chi connectivity index (χ1) is 6.15. The van der Waals surface area contributed by atoms with E-state index in [-0.39, 0.29) is 12.5 Å². The molecule has 0 aliphatic heterocycles. The normalized spacial score (nSPS) is 13.3. The molecule has 72 valence electrons. The van der Waals surface area contributed by atoms with Gasteiger partial charge in [0.25, 0.3) is 0 Å². The van der Waals surface area contributed by atoms with Gasteiger partial charge >= 0.3 is 0 Å². The van der Waals surface area contributed by atoms with Crippen molar-refractivity contribution >= 4 is 0 Å². The van der Waals surface area contributed by atoms with Gasteiger partial charge in [-0.25, -0.2) is 9.97 Å². The second-order valence-corrected chi connectivity index (χ2v) is 3.25. The molecule has 0 aliphatic carbocycles. The summed E-state index contributed by atoms with van der Waals surface area (Å²) in [5, 5.41) is 9.42. The summed E-state index contributed by atoms with van der Waals surface area (Å²) in [5.74, 6) is 1.01. The average molecular weight is 181 g/mol. The van der Waals surface area contributed by atoms with Crippen LogP contribution in [0.4, 0.5) is 0 Å². The number of nitrogens with two attached hydrogens (primary N) is 1. The van der Waals surface area contributed by atoms with Gasteiger partial charge in [-0.2, -0.15) is 0 Å². The molecule has 3 N–H and O–H groups in total. The zero-order valence-corrected chi connectivity index (χ0v) is 7.94. The lowest BCUT2D eigenvalue weighted by Gasteiger charge is -2.09. The van der Waals surface area contributed by atoms with E-state index in [1.165, 1.54) is 0 Å². The van der Waals surface area contributed by atoms with Crippen LogP contribution in [0.1, 0.15) is 37.4 Å². The highest BCUT2D eigenvalue weighted by Crippen LogP contribution is 2.12. The van der Waals surface area contributed by atoms with E-state index in [1.807, 2.05) is 13.8 Å². The smallest absolute Gasteiger partial charge is 0.131 e. The van der Waals surface area contributed by atoms with Crippen LogP contribution in [-0.2, 0) is 0 Å². The van der Waals surface area contributed by atoms with E-state index in [4.69, 9.17) is 5.73 Å². The molecule has 13 heavy (non-hydrogen) atoms. The molecule has 1 rings (SSSR count). The molecule has 0 aliphatic rings. The fraction of sp³-hybridized carbons (Fsp3) is 0.556. The zero-order valence-electron chi connectivity index (χ0n) is 7.94. The lowest BCUT2D eigenvalue weighted by molar-refractivity contribution is 0.181. The van der Waals surface area contributed by atoms with Gasteiger partial charge in [-0.1, -0.05) is 13.8 Å². The summed E-state index contributed by atoms with van der Waals surface area (Å²) < 4.78 is 0. The molecule has 4 heteroatoms. The van der Waals surface area contributed by atoms with Crippen LogP contribution < -0.4 is 5.73 Å². The van der Waals surface area contributed by atoms with E-state index in [2.05, 4.69) is 9.97 Å². The average Bonchev–Trinajstić information content (AvgIpc) is 2.17. The Balaban J connectivity index is 2.91. The summed E-state index contributed by atoms with van der Waals surface area (Å²) in [7, 11) is 0. The van der Waals surface area contributed by atoms with Crippen LogP contribution in [0, 0.1) is 0 Å². The first kappa shape index (κ1) is 10.1. The van der Waals surface area contributed by atoms with Gasteiger partial charge in [-0.3, -0.25) is 0 Å². The van der Waals surface area contributed by atoms with Gasteiger partial charge in [0.2, 0.25) is 0 Å². The molecule has 0 radical (unpaired) electrons. The van der Waals surface area contributed by atoms with Crippen molar-refractivity contribution in [3.63, 3.8) is 0 Å². The minimum atomic E-state index is -0.680. The standard InChI is InChI=1S/C9H15N3O/c1-6(2)9-11-4-3-7(12-9)8(13)5-10/h3-4,6,8,13H,5,10H2,1-2H3/t8-/m1/s1. The molecule has 0 spiro atoms. The number of hydrogen-bond donors (Lipinski definition) is 2. The lowest BCUT2D eigenvalue weighted by Crippen LogP contribution is -2.14. The van der Waals surface area contributed by atoms with Gasteiger partial charge < -0.3 is 10.8 Å². The van der Waals surface area contributed by atoms with Gasteiger partial charge in [0.1, 0.15) is 11.9 Å². The molecule has 0 aromatic carbocycles. The van der Waals surface area contributed by atoms with Crippen molar-refractivity contribution in [2.45, 2.75) is 25.9 Å². The Morgan fingerprint density at radius 2 is 2.23 bits per heavy atom. The number of aromatic nitrogens is 2. The van der Waals surface area contributed by atoms with Crippen LogP contribution in [0.2, 0.25) is 0 Å². The summed E-state index contributed by atoms with van der Waals surface area (Å²) in [6, 6.07) is 1.68. The van der Waals surface area contributed by atoms with Crippen molar-refractivity contribution in [3.8, 4) is 0 Å². The fourth-order valence-corrected chi connectivity index (χ4v) is 0.973. The van der Waals surface area contributed by atoms with Crippen molar-refractivity contribution in [2.75, 3.05) is 6.54 Å². The van der Waals surface area contributed by atoms with E-state index in [0.29, 0.717) is 5.69 Å². The fourth-order valence-electron chi connectivity index (χ4n) is 0.973. The Morgan fingerprint density at radius 1 is 1.54 bits per heavy atom. The molecule has 1 aromatic heterocycles. The van der Waals surface area contributed by atoms with E-state index in [9.17, 15) is 5.11 Å². The molecule has 4 nitrogen and oxygen atoms in total. The van der Waals surface area contributed by atoms with Crippen molar-refractivity contribution < 1.29 is 5.11 Å². The SMILES string of the molecule is CC(C)c1nccc([C@H](O)CN)n1. The lowest BCUT2D eigenvalue weighted by atomic mass is 10.2. The molecule has 1 atom stereocenters. The molecule has 1 heterocycles. The number of aliphatic hydroxyl groups is 1. The van der Waals surface area contributed by atoms with Crippen LogP contribution in [-0.4, -0.2) is 21.6 Å². The van der Waals surface area contributed by atoms with Gasteiger partial charge in [0.05, 0.1) is 5.69 Å². The Labute approximate surface area is 77.8 Å². The monoisotopic (exact) mass is 181 g/mol. The van der Waals surface area contributed by atoms with Crippen molar-refractivity contribution in [2.24, 2.45) is 5.73 Å². The number of rotatable bonds is 3. The predicted octanol–water partition coefficient (Wildman–Crippen LogP) is 0.592. The minimum Gasteiger partial charge on any atom is -0.385 e. The van der Waals surface area contributed by atoms with E-state index in [0.717, 1.165) is 5.82 Å². The quantitative estimate of drug-likeness (QED) is 0.716. The third-order valence-electron chi connectivity index (χ3n) is 1.78. The predicted molar refractivity (Wildman–Crippen MR) is 50.1 cm³/mol. The van der Waals surface area contributed by atoms with Crippen molar-refractivity contribution in [3.05, 3.63) is 23.8 Å². The Bertz CT molecular complexity index is 275. The molecule has 0 bridgehead atoms. The van der Waals surface area contributed by atoms with Gasteiger partial charge in [-0.05, 0) is 6.07 Å². The second kappa shape index (κ2) is 4.30. The number of hydrogen-bond acceptors (Lipinski definition) is 4. The van der Waals surface area contributed by atoms with Crippen LogP contribution in [0.5, 0.6) is 0 Å². The van der Waals surface area contributed by atoms with Crippen LogP contribution in [0.3, 0.4) is 0 Å².